The Morgan fingerprint density at radius 1 is 1.61 bits per heavy atom. The van der Waals surface area contributed by atoms with Gasteiger partial charge in [0.2, 0.25) is 0 Å². The Bertz CT molecular complexity index is 436. The number of halogens is 1. The maximum absolute atomic E-state index is 11.9. The number of aryl methyl sites for hydroxylation is 1. The molecule has 0 radical (unpaired) electrons. The molecule has 0 bridgehead atoms. The van der Waals surface area contributed by atoms with Crippen LogP contribution >= 0.6 is 23.4 Å². The molecular weight excluding hydrogens is 270 g/mol. The van der Waals surface area contributed by atoms with Gasteiger partial charge in [-0.05, 0) is 31.8 Å². The summed E-state index contributed by atoms with van der Waals surface area (Å²) in [7, 11) is 0. The van der Waals surface area contributed by atoms with Gasteiger partial charge >= 0.3 is 0 Å². The van der Waals surface area contributed by atoms with Gasteiger partial charge in [0.15, 0.2) is 0 Å². The van der Waals surface area contributed by atoms with Crippen molar-refractivity contribution < 1.29 is 0 Å². The highest BCUT2D eigenvalue weighted by Crippen LogP contribution is 2.17. The van der Waals surface area contributed by atoms with E-state index >= 15 is 0 Å². The van der Waals surface area contributed by atoms with Crippen LogP contribution in [0.1, 0.15) is 26.7 Å². The second kappa shape index (κ2) is 7.69. The van der Waals surface area contributed by atoms with Crippen molar-refractivity contribution >= 4 is 29.1 Å². The van der Waals surface area contributed by atoms with Crippen LogP contribution < -0.4 is 10.9 Å². The molecule has 1 rings (SSSR count). The number of hydrogen-bond acceptors (Lipinski definition) is 4. The molecule has 102 valence electrons. The fraction of sp³-hybridized carbons (Fsp3) is 0.667. The zero-order valence-corrected chi connectivity index (χ0v) is 12.6. The molecule has 4 nitrogen and oxygen atoms in total. The van der Waals surface area contributed by atoms with E-state index in [4.69, 9.17) is 11.6 Å². The summed E-state index contributed by atoms with van der Waals surface area (Å²) >= 11 is 7.87. The van der Waals surface area contributed by atoms with Crippen molar-refractivity contribution in [1.29, 1.82) is 0 Å². The molecule has 1 unspecified atom stereocenters. The number of rotatable bonds is 7. The number of nitrogens with zero attached hydrogens (tertiary/aromatic N) is 2. The second-order valence-corrected chi connectivity index (χ2v) is 5.59. The molecule has 0 aromatic carbocycles. The molecular formula is C12H20ClN3OS. The van der Waals surface area contributed by atoms with Crippen LogP contribution in [-0.4, -0.2) is 27.8 Å². The minimum Gasteiger partial charge on any atom is -0.380 e. The molecule has 1 heterocycles. The molecule has 0 aliphatic carbocycles. The van der Waals surface area contributed by atoms with Gasteiger partial charge < -0.3 is 5.32 Å². The number of anilines is 1. The van der Waals surface area contributed by atoms with Gasteiger partial charge in [-0.3, -0.25) is 4.79 Å². The highest BCUT2D eigenvalue weighted by Gasteiger charge is 2.10. The summed E-state index contributed by atoms with van der Waals surface area (Å²) in [5.41, 5.74) is 0.406. The predicted octanol–water partition coefficient (Wildman–Crippen LogP) is 2.86. The average Bonchev–Trinajstić information content (AvgIpc) is 2.36. The molecule has 6 heteroatoms. The van der Waals surface area contributed by atoms with Crippen LogP contribution in [0.25, 0.3) is 0 Å². The Labute approximate surface area is 117 Å². The van der Waals surface area contributed by atoms with Crippen molar-refractivity contribution in [1.82, 2.24) is 9.78 Å². The first kappa shape index (κ1) is 15.4. The van der Waals surface area contributed by atoms with Gasteiger partial charge in [0, 0.05) is 12.6 Å². The fourth-order valence-corrected chi connectivity index (χ4v) is 2.36. The van der Waals surface area contributed by atoms with Crippen LogP contribution in [-0.2, 0) is 6.54 Å². The summed E-state index contributed by atoms with van der Waals surface area (Å²) < 4.78 is 1.40. The molecule has 0 aliphatic heterocycles. The van der Waals surface area contributed by atoms with Gasteiger partial charge in [0.25, 0.3) is 5.56 Å². The summed E-state index contributed by atoms with van der Waals surface area (Å²) in [5.74, 6) is 1.08. The Balaban J connectivity index is 2.79. The lowest BCUT2D eigenvalue weighted by atomic mass is 10.2. The third-order valence-corrected chi connectivity index (χ3v) is 3.59. The maximum Gasteiger partial charge on any atom is 0.287 e. The molecule has 1 aromatic heterocycles. The van der Waals surface area contributed by atoms with Crippen LogP contribution in [0.2, 0.25) is 5.02 Å². The second-order valence-electron chi connectivity index (χ2n) is 4.23. The topological polar surface area (TPSA) is 46.9 Å². The van der Waals surface area contributed by atoms with Crippen LogP contribution in [0.5, 0.6) is 0 Å². The molecule has 0 spiro atoms. The number of hydrogen-bond donors (Lipinski definition) is 1. The van der Waals surface area contributed by atoms with Crippen LogP contribution in [0.3, 0.4) is 0 Å². The molecule has 0 aliphatic rings. The number of thioether (sulfide) groups is 1. The highest BCUT2D eigenvalue weighted by molar-refractivity contribution is 7.98. The van der Waals surface area contributed by atoms with E-state index in [1.165, 1.54) is 4.68 Å². The van der Waals surface area contributed by atoms with Crippen LogP contribution in [0.4, 0.5) is 5.69 Å². The lowest BCUT2D eigenvalue weighted by molar-refractivity contribution is 0.568. The predicted molar refractivity (Wildman–Crippen MR) is 79.9 cm³/mol. The first-order chi connectivity index (χ1) is 8.60. The van der Waals surface area contributed by atoms with Crippen LogP contribution in [0.15, 0.2) is 11.0 Å². The largest absolute Gasteiger partial charge is 0.380 e. The molecule has 1 atom stereocenters. The average molecular weight is 290 g/mol. The van der Waals surface area contributed by atoms with Crippen molar-refractivity contribution in [3.05, 3.63) is 21.6 Å². The Morgan fingerprint density at radius 2 is 2.33 bits per heavy atom. The van der Waals surface area contributed by atoms with Crippen molar-refractivity contribution in [2.75, 3.05) is 17.3 Å². The fourth-order valence-electron chi connectivity index (χ4n) is 1.57. The zero-order valence-electron chi connectivity index (χ0n) is 11.1. The molecule has 0 saturated heterocycles. The number of aromatic nitrogens is 2. The van der Waals surface area contributed by atoms with E-state index in [-0.39, 0.29) is 16.6 Å². The maximum atomic E-state index is 11.9. The van der Waals surface area contributed by atoms with E-state index in [1.807, 2.05) is 6.92 Å². The van der Waals surface area contributed by atoms with Crippen LogP contribution in [0, 0.1) is 0 Å². The van der Waals surface area contributed by atoms with E-state index in [0.717, 1.165) is 18.6 Å². The van der Waals surface area contributed by atoms with Gasteiger partial charge in [-0.2, -0.15) is 16.9 Å². The van der Waals surface area contributed by atoms with Gasteiger partial charge in [-0.15, -0.1) is 0 Å². The molecule has 0 saturated carbocycles. The molecule has 1 aromatic rings. The standard InChI is InChI=1S/C12H20ClN3OS/c1-4-6-16-12(17)11(13)10(8-14-16)15-9(2)5-7-18-3/h8-9,15H,4-7H2,1-3H3. The SMILES string of the molecule is CCCn1ncc(NC(C)CCSC)c(Cl)c1=O. The third-order valence-electron chi connectivity index (χ3n) is 2.58. The minimum absolute atomic E-state index is 0.222. The first-order valence-corrected chi connectivity index (χ1v) is 7.88. The smallest absolute Gasteiger partial charge is 0.287 e. The van der Waals surface area contributed by atoms with E-state index in [9.17, 15) is 4.79 Å². The first-order valence-electron chi connectivity index (χ1n) is 6.11. The monoisotopic (exact) mass is 289 g/mol. The van der Waals surface area contributed by atoms with E-state index in [0.29, 0.717) is 12.2 Å². The summed E-state index contributed by atoms with van der Waals surface area (Å²) in [5, 5.41) is 7.58. The third kappa shape index (κ3) is 4.21. The molecule has 1 N–H and O–H groups in total. The van der Waals surface area contributed by atoms with Crippen molar-refractivity contribution in [3.63, 3.8) is 0 Å². The molecule has 0 fully saturated rings. The summed E-state index contributed by atoms with van der Waals surface area (Å²) in [6.45, 7) is 4.67. The lowest BCUT2D eigenvalue weighted by Gasteiger charge is -2.15. The van der Waals surface area contributed by atoms with Gasteiger partial charge in [-0.1, -0.05) is 18.5 Å². The highest BCUT2D eigenvalue weighted by atomic mass is 35.5. The van der Waals surface area contributed by atoms with Gasteiger partial charge in [-0.25, -0.2) is 4.68 Å². The molecule has 18 heavy (non-hydrogen) atoms. The van der Waals surface area contributed by atoms with Gasteiger partial charge in [0.05, 0.1) is 11.9 Å². The molecule has 0 amide bonds. The van der Waals surface area contributed by atoms with Gasteiger partial charge in [0.1, 0.15) is 5.02 Å². The summed E-state index contributed by atoms with van der Waals surface area (Å²) in [6.07, 6.45) is 5.60. The zero-order chi connectivity index (χ0) is 13.5. The Kier molecular flexibility index (Phi) is 6.57. The Morgan fingerprint density at radius 3 is 2.94 bits per heavy atom. The van der Waals surface area contributed by atoms with E-state index < -0.39 is 0 Å². The number of nitrogens with one attached hydrogen (secondary N) is 1. The minimum atomic E-state index is -0.222. The van der Waals surface area contributed by atoms with E-state index in [1.54, 1.807) is 18.0 Å². The summed E-state index contributed by atoms with van der Waals surface area (Å²) in [4.78, 5) is 11.9. The normalized spacial score (nSPS) is 12.4. The van der Waals surface area contributed by atoms with Crippen molar-refractivity contribution in [2.45, 2.75) is 39.3 Å². The summed E-state index contributed by atoms with van der Waals surface area (Å²) in [6, 6.07) is 0.276. The van der Waals surface area contributed by atoms with Crippen molar-refractivity contribution in [3.8, 4) is 0 Å². The van der Waals surface area contributed by atoms with Crippen molar-refractivity contribution in [2.24, 2.45) is 0 Å². The van der Waals surface area contributed by atoms with E-state index in [2.05, 4.69) is 23.6 Å². The Hall–Kier alpha value is -0.680. The lowest BCUT2D eigenvalue weighted by Crippen LogP contribution is -2.26. The quantitative estimate of drug-likeness (QED) is 0.838.